The Morgan fingerprint density at radius 3 is 2.66 bits per heavy atom. The molecule has 1 atom stereocenters. The van der Waals surface area contributed by atoms with Crippen molar-refractivity contribution >= 4 is 10.9 Å². The second-order valence-corrected chi connectivity index (χ2v) is 7.42. The van der Waals surface area contributed by atoms with E-state index in [0.29, 0.717) is 6.54 Å². The number of tetrazole rings is 1. The molecular weight excluding hydrogens is 367 g/mol. The average Bonchev–Trinajstić information content (AvgIpc) is 3.43. The number of pyridine rings is 1. The van der Waals surface area contributed by atoms with Crippen molar-refractivity contribution in [2.24, 2.45) is 0 Å². The van der Waals surface area contributed by atoms with E-state index in [1.165, 1.54) is 25.0 Å². The van der Waals surface area contributed by atoms with Crippen LogP contribution in [0.15, 0.2) is 60.8 Å². The van der Waals surface area contributed by atoms with Crippen LogP contribution in [-0.2, 0) is 6.54 Å². The smallest absolute Gasteiger partial charge is 0.173 e. The molecule has 1 aliphatic heterocycles. The van der Waals surface area contributed by atoms with Gasteiger partial charge >= 0.3 is 0 Å². The molecule has 1 aliphatic rings. The summed E-state index contributed by atoms with van der Waals surface area (Å²) in [7, 11) is 0. The van der Waals surface area contributed by atoms with E-state index in [-0.39, 0.29) is 11.9 Å². The van der Waals surface area contributed by atoms with Crippen LogP contribution in [0.2, 0.25) is 0 Å². The molecular formula is C22H21FN6. The summed E-state index contributed by atoms with van der Waals surface area (Å²) in [6, 6.07) is 16.8. The van der Waals surface area contributed by atoms with E-state index in [1.54, 1.807) is 12.1 Å². The minimum atomic E-state index is -0.245. The highest BCUT2D eigenvalue weighted by Crippen LogP contribution is 2.32. The number of aromatic nitrogens is 5. The molecule has 0 radical (unpaired) electrons. The largest absolute Gasteiger partial charge is 0.290 e. The van der Waals surface area contributed by atoms with Crippen molar-refractivity contribution in [1.29, 1.82) is 0 Å². The number of hydrogen-bond donors (Lipinski definition) is 0. The lowest BCUT2D eigenvalue weighted by Crippen LogP contribution is -2.29. The minimum Gasteiger partial charge on any atom is -0.290 e. The van der Waals surface area contributed by atoms with Gasteiger partial charge in [0.05, 0.1) is 18.1 Å². The van der Waals surface area contributed by atoms with Crippen LogP contribution in [0.4, 0.5) is 4.39 Å². The number of benzene rings is 2. The van der Waals surface area contributed by atoms with Crippen LogP contribution in [0.5, 0.6) is 0 Å². The zero-order chi connectivity index (χ0) is 19.6. The maximum absolute atomic E-state index is 13.3. The monoisotopic (exact) mass is 388 g/mol. The minimum absolute atomic E-state index is 0.0300. The van der Waals surface area contributed by atoms with Gasteiger partial charge in [-0.25, -0.2) is 9.07 Å². The molecule has 0 spiro atoms. The first-order valence-electron chi connectivity index (χ1n) is 9.87. The van der Waals surface area contributed by atoms with Gasteiger partial charge in [0.25, 0.3) is 0 Å². The van der Waals surface area contributed by atoms with Gasteiger partial charge in [-0.2, -0.15) is 0 Å². The van der Waals surface area contributed by atoms with Crippen molar-refractivity contribution in [2.75, 3.05) is 13.1 Å². The number of fused-ring (bicyclic) bond motifs is 1. The van der Waals surface area contributed by atoms with Crippen LogP contribution in [-0.4, -0.2) is 43.2 Å². The van der Waals surface area contributed by atoms with Crippen molar-refractivity contribution in [3.63, 3.8) is 0 Å². The maximum Gasteiger partial charge on any atom is 0.173 e. The van der Waals surface area contributed by atoms with E-state index in [1.807, 2.05) is 16.9 Å². The fraction of sp³-hybridized carbons (Fsp3) is 0.273. The van der Waals surface area contributed by atoms with Gasteiger partial charge in [0.15, 0.2) is 5.82 Å². The first kappa shape index (κ1) is 17.9. The van der Waals surface area contributed by atoms with Gasteiger partial charge in [0, 0.05) is 11.6 Å². The predicted octanol–water partition coefficient (Wildman–Crippen LogP) is 3.59. The summed E-state index contributed by atoms with van der Waals surface area (Å²) in [4.78, 5) is 6.87. The molecule has 29 heavy (non-hydrogen) atoms. The Hall–Kier alpha value is -3.19. The second kappa shape index (κ2) is 7.67. The Bertz CT molecular complexity index is 1120. The van der Waals surface area contributed by atoms with E-state index in [9.17, 15) is 4.39 Å². The zero-order valence-corrected chi connectivity index (χ0v) is 15.9. The van der Waals surface area contributed by atoms with Crippen LogP contribution in [0.25, 0.3) is 10.9 Å². The maximum atomic E-state index is 13.3. The quantitative estimate of drug-likeness (QED) is 0.523. The van der Waals surface area contributed by atoms with Crippen molar-refractivity contribution in [3.05, 3.63) is 83.6 Å². The summed E-state index contributed by atoms with van der Waals surface area (Å²) in [6.45, 7) is 2.53. The highest BCUT2D eigenvalue weighted by Gasteiger charge is 2.30. The summed E-state index contributed by atoms with van der Waals surface area (Å²) in [6.07, 6.45) is 4.15. The molecule has 2 aromatic carbocycles. The molecule has 1 saturated heterocycles. The standard InChI is InChI=1S/C22H21FN6/c23-19-8-5-16(6-9-19)15-29-22(25-26-27-29)21(28-12-1-2-13-28)18-7-10-20-17(14-18)4-3-11-24-20/h3-11,14,21H,1-2,12-13,15H2/t21-/m1/s1. The molecule has 146 valence electrons. The molecule has 6 nitrogen and oxygen atoms in total. The Balaban J connectivity index is 1.55. The normalized spacial score (nSPS) is 15.8. The molecule has 0 saturated carbocycles. The zero-order valence-electron chi connectivity index (χ0n) is 15.9. The van der Waals surface area contributed by atoms with E-state index < -0.39 is 0 Å². The Morgan fingerprint density at radius 2 is 1.83 bits per heavy atom. The molecule has 3 heterocycles. The molecule has 1 fully saturated rings. The van der Waals surface area contributed by atoms with Crippen molar-refractivity contribution in [1.82, 2.24) is 30.1 Å². The topological polar surface area (TPSA) is 59.7 Å². The highest BCUT2D eigenvalue weighted by atomic mass is 19.1. The molecule has 0 N–H and O–H groups in total. The van der Waals surface area contributed by atoms with E-state index in [4.69, 9.17) is 0 Å². The summed E-state index contributed by atoms with van der Waals surface area (Å²) in [5.41, 5.74) is 3.09. The average molecular weight is 388 g/mol. The number of rotatable bonds is 5. The van der Waals surface area contributed by atoms with E-state index in [2.05, 4.69) is 49.7 Å². The van der Waals surface area contributed by atoms with Crippen LogP contribution >= 0.6 is 0 Å². The van der Waals surface area contributed by atoms with Crippen molar-refractivity contribution < 1.29 is 4.39 Å². The molecule has 5 rings (SSSR count). The van der Waals surface area contributed by atoms with Gasteiger partial charge in [0.1, 0.15) is 5.82 Å². The first-order chi connectivity index (χ1) is 14.3. The summed E-state index contributed by atoms with van der Waals surface area (Å²) < 4.78 is 15.1. The van der Waals surface area contributed by atoms with Crippen LogP contribution in [0.3, 0.4) is 0 Å². The summed E-state index contributed by atoms with van der Waals surface area (Å²) >= 11 is 0. The number of hydrogen-bond acceptors (Lipinski definition) is 5. The van der Waals surface area contributed by atoms with Crippen molar-refractivity contribution in [2.45, 2.75) is 25.4 Å². The lowest BCUT2D eigenvalue weighted by Gasteiger charge is -2.27. The summed E-state index contributed by atoms with van der Waals surface area (Å²) in [5.74, 6) is 0.560. The number of halogens is 1. The van der Waals surface area contributed by atoms with Gasteiger partial charge in [0.2, 0.25) is 0 Å². The van der Waals surface area contributed by atoms with Gasteiger partial charge in [-0.15, -0.1) is 5.10 Å². The van der Waals surface area contributed by atoms with Gasteiger partial charge in [-0.05, 0) is 77.8 Å². The number of nitrogens with zero attached hydrogens (tertiary/aromatic N) is 6. The molecule has 7 heteroatoms. The van der Waals surface area contributed by atoms with Gasteiger partial charge in [-0.1, -0.05) is 24.3 Å². The Kier molecular flexibility index (Phi) is 4.73. The SMILES string of the molecule is Fc1ccc(Cn2nnnc2[C@@H](c2ccc3ncccc3c2)N2CCCC2)cc1. The summed E-state index contributed by atoms with van der Waals surface area (Å²) in [5, 5.41) is 13.7. The molecule has 4 aromatic rings. The van der Waals surface area contributed by atoms with Crippen LogP contribution in [0, 0.1) is 5.82 Å². The molecule has 0 amide bonds. The second-order valence-electron chi connectivity index (χ2n) is 7.42. The first-order valence-corrected chi connectivity index (χ1v) is 9.87. The van der Waals surface area contributed by atoms with Gasteiger partial charge < -0.3 is 0 Å². The Morgan fingerprint density at radius 1 is 1.00 bits per heavy atom. The molecule has 0 aliphatic carbocycles. The van der Waals surface area contributed by atoms with Gasteiger partial charge in [-0.3, -0.25) is 9.88 Å². The third-order valence-corrected chi connectivity index (χ3v) is 5.50. The number of likely N-dealkylation sites (tertiary alicyclic amines) is 1. The van der Waals surface area contributed by atoms with E-state index >= 15 is 0 Å². The highest BCUT2D eigenvalue weighted by molar-refractivity contribution is 5.79. The third kappa shape index (κ3) is 3.61. The lowest BCUT2D eigenvalue weighted by atomic mass is 10.0. The van der Waals surface area contributed by atoms with Crippen molar-refractivity contribution in [3.8, 4) is 0 Å². The predicted molar refractivity (Wildman–Crippen MR) is 108 cm³/mol. The lowest BCUT2D eigenvalue weighted by molar-refractivity contribution is 0.264. The van der Waals surface area contributed by atoms with Crippen LogP contribution < -0.4 is 0 Å². The van der Waals surface area contributed by atoms with E-state index in [0.717, 1.165) is 40.9 Å². The molecule has 0 unspecified atom stereocenters. The van der Waals surface area contributed by atoms with Crippen LogP contribution in [0.1, 0.15) is 35.8 Å². The molecule has 2 aromatic heterocycles. The fourth-order valence-corrected chi connectivity index (χ4v) is 4.07. The Labute approximate surface area is 168 Å². The third-order valence-electron chi connectivity index (χ3n) is 5.50. The molecule has 0 bridgehead atoms. The fourth-order valence-electron chi connectivity index (χ4n) is 4.07.